The van der Waals surface area contributed by atoms with Crippen molar-refractivity contribution in [3.63, 3.8) is 0 Å². The molecule has 5 rings (SSSR count). The summed E-state index contributed by atoms with van der Waals surface area (Å²) in [6.45, 7) is 3.98. The molecule has 4 atom stereocenters. The van der Waals surface area contributed by atoms with Crippen molar-refractivity contribution in [1.29, 1.82) is 0 Å². The van der Waals surface area contributed by atoms with Crippen LogP contribution in [0.3, 0.4) is 0 Å². The van der Waals surface area contributed by atoms with E-state index in [9.17, 15) is 68.4 Å². The van der Waals surface area contributed by atoms with E-state index in [0.717, 1.165) is 14.8 Å². The molecule has 0 bridgehead atoms. The number of carbonyl (C=O) groups is 10. The number of urea groups is 1. The van der Waals surface area contributed by atoms with Crippen LogP contribution in [0.1, 0.15) is 86.5 Å². The molecule has 29 nitrogen and oxygen atoms in total. The SMILES string of the molecule is CCC(=O)NCCNC(=O)NC(N)=NCCC[C@@H](NC(=O)C(c1ccccc1)c1ccc(NCCCNC(=O)[C@@H](CCCNC(C=O)N2CCN(CC(=O)O)CCN(CC(=O)O)CCN(CC(=O)O)CC2)NC(=O)CCCc2ccc(I)cc2)cc1)C(=O)NCc1ccc(O)cc1. The number of phenolic OH excluding ortho intramolecular Hbond substituents is 1. The Morgan fingerprint density at radius 1 is 0.577 bits per heavy atom. The van der Waals surface area contributed by atoms with Gasteiger partial charge in [0.1, 0.15) is 24.0 Å². The lowest BCUT2D eigenvalue weighted by Gasteiger charge is -2.35. The Morgan fingerprint density at radius 3 is 1.73 bits per heavy atom. The van der Waals surface area contributed by atoms with Crippen LogP contribution in [0.25, 0.3) is 0 Å². The fraction of sp³-hybridized carbons (Fsp3) is 0.478. The highest BCUT2D eigenvalue weighted by molar-refractivity contribution is 14.1. The summed E-state index contributed by atoms with van der Waals surface area (Å²) in [7, 11) is 0. The number of nitrogens with one attached hydrogen (secondary N) is 9. The van der Waals surface area contributed by atoms with Crippen molar-refractivity contribution in [2.24, 2.45) is 10.7 Å². The minimum Gasteiger partial charge on any atom is -0.508 e. The van der Waals surface area contributed by atoms with Crippen LogP contribution in [0.5, 0.6) is 5.75 Å². The summed E-state index contributed by atoms with van der Waals surface area (Å²) >= 11 is 2.23. The van der Waals surface area contributed by atoms with Crippen molar-refractivity contribution in [3.05, 3.63) is 129 Å². The van der Waals surface area contributed by atoms with Crippen LogP contribution in [-0.4, -0.2) is 235 Å². The lowest BCUT2D eigenvalue weighted by Crippen LogP contribution is -2.54. The molecule has 30 heteroatoms. The standard InChI is InChI=1S/C67H94IN15O14/c1-2-57(86)72-32-33-75-67(97)79-66(69)74-29-8-14-55(64(95)76-42-48-18-26-53(85)27-19-48)78-65(96)62(49-11-4-3-5-12-49)50-20-24-52(25-21-50)70-30-9-31-73-63(94)54(77-58(87)15-6-10-47-16-22-51(68)23-17-47)13-7-28-71-56(46-84)83-40-38-81(44-60(90)91)36-34-80(43-59(88)89)35-37-82(39-41-83)45-61(92)93/h3-5,11-12,16-27,46,54-56,62,70-71,85H,2,6-10,13-15,28-45H2,1H3,(H,72,86)(H,73,94)(H,76,95)(H,77,87)(H,78,96)(H,88,89)(H,90,91)(H,92,93)(H4,69,74,75,79,97)/t54-,55-,56?,62?/m1/s1. The number of aliphatic imine (C=N–C) groups is 1. The van der Waals surface area contributed by atoms with Gasteiger partial charge in [0.25, 0.3) is 0 Å². The molecule has 1 aliphatic heterocycles. The van der Waals surface area contributed by atoms with Crippen LogP contribution in [0.4, 0.5) is 10.5 Å². The summed E-state index contributed by atoms with van der Waals surface area (Å²) in [5.74, 6) is -5.93. The number of amides is 7. The van der Waals surface area contributed by atoms with Crippen LogP contribution in [0.15, 0.2) is 108 Å². The fourth-order valence-electron chi connectivity index (χ4n) is 10.6. The van der Waals surface area contributed by atoms with Gasteiger partial charge in [-0.15, -0.1) is 0 Å². The first-order valence-corrected chi connectivity index (χ1v) is 33.7. The number of carboxylic acids is 3. The largest absolute Gasteiger partial charge is 0.508 e. The first-order valence-electron chi connectivity index (χ1n) is 32.6. The highest BCUT2D eigenvalue weighted by atomic mass is 127. The average Bonchev–Trinajstić information content (AvgIpc) is 0.825. The van der Waals surface area contributed by atoms with Gasteiger partial charge in [-0.3, -0.25) is 73.6 Å². The topological polar surface area (TPSA) is 411 Å². The molecule has 1 saturated heterocycles. The van der Waals surface area contributed by atoms with E-state index in [4.69, 9.17) is 5.73 Å². The zero-order valence-electron chi connectivity index (χ0n) is 54.9. The van der Waals surface area contributed by atoms with Crippen molar-refractivity contribution in [3.8, 4) is 5.75 Å². The van der Waals surface area contributed by atoms with Crippen LogP contribution in [0, 0.1) is 3.57 Å². The lowest BCUT2D eigenvalue weighted by atomic mass is 9.90. The molecule has 1 aliphatic rings. The van der Waals surface area contributed by atoms with E-state index in [1.807, 2.05) is 78.9 Å². The third-order valence-corrected chi connectivity index (χ3v) is 16.5. The van der Waals surface area contributed by atoms with E-state index < -0.39 is 65.8 Å². The molecule has 7 amide bonds. The zero-order valence-corrected chi connectivity index (χ0v) is 57.0. The number of anilines is 1. The highest BCUT2D eigenvalue weighted by Gasteiger charge is 2.29. The molecule has 0 aliphatic carbocycles. The van der Waals surface area contributed by atoms with Gasteiger partial charge in [0, 0.05) is 114 Å². The van der Waals surface area contributed by atoms with E-state index in [1.165, 1.54) is 12.1 Å². The molecule has 15 N–H and O–H groups in total. The zero-order chi connectivity index (χ0) is 70.3. The molecular weight excluding hydrogens is 1370 g/mol. The summed E-state index contributed by atoms with van der Waals surface area (Å²) in [6.07, 6.45) is 2.98. The molecule has 1 fully saturated rings. The van der Waals surface area contributed by atoms with Crippen LogP contribution >= 0.6 is 22.6 Å². The molecule has 0 spiro atoms. The number of aldehydes is 1. The van der Waals surface area contributed by atoms with Gasteiger partial charge in [-0.25, -0.2) is 4.79 Å². The summed E-state index contributed by atoms with van der Waals surface area (Å²) in [6, 6.07) is 28.2. The Morgan fingerprint density at radius 2 is 1.13 bits per heavy atom. The predicted octanol–water partition coefficient (Wildman–Crippen LogP) is 1.65. The summed E-state index contributed by atoms with van der Waals surface area (Å²) in [5, 5.41) is 64.7. The minimum atomic E-state index is -1.08. The molecule has 0 aromatic heterocycles. The van der Waals surface area contributed by atoms with Gasteiger partial charge in [0.15, 0.2) is 12.2 Å². The Kier molecular flexibility index (Phi) is 35.9. The monoisotopic (exact) mass is 1460 g/mol. The van der Waals surface area contributed by atoms with Gasteiger partial charge in [-0.2, -0.15) is 0 Å². The maximum atomic E-state index is 14.5. The highest BCUT2D eigenvalue weighted by Crippen LogP contribution is 2.27. The number of aliphatic carboxylic acids is 3. The maximum absolute atomic E-state index is 14.5. The molecular formula is C67H94IN15O14. The Labute approximate surface area is 579 Å². The number of carbonyl (C=O) groups excluding carboxylic acids is 7. The lowest BCUT2D eigenvalue weighted by molar-refractivity contribution is -0.140. The molecule has 1 heterocycles. The number of hydrogen-bond acceptors (Lipinski definition) is 18. The number of nitrogens with two attached hydrogens (primary N) is 1. The van der Waals surface area contributed by atoms with Crippen LogP contribution in [0.2, 0.25) is 0 Å². The number of benzene rings is 4. The smallest absolute Gasteiger partial charge is 0.321 e. The summed E-state index contributed by atoms with van der Waals surface area (Å²) < 4.78 is 1.09. The molecule has 2 unspecified atom stereocenters. The van der Waals surface area contributed by atoms with Crippen molar-refractivity contribution >= 4 is 94.0 Å². The molecule has 0 saturated carbocycles. The second-order valence-electron chi connectivity index (χ2n) is 23.3. The van der Waals surface area contributed by atoms with E-state index in [0.29, 0.717) is 61.6 Å². The number of guanidine groups is 1. The van der Waals surface area contributed by atoms with Gasteiger partial charge in [0.2, 0.25) is 29.5 Å². The normalized spacial score (nSPS) is 14.9. The van der Waals surface area contributed by atoms with Crippen LogP contribution < -0.4 is 53.6 Å². The van der Waals surface area contributed by atoms with E-state index in [1.54, 1.807) is 38.7 Å². The Balaban J connectivity index is 1.20. The molecule has 4 aromatic carbocycles. The van der Waals surface area contributed by atoms with E-state index >= 15 is 0 Å². The van der Waals surface area contributed by atoms with Crippen molar-refractivity contribution < 1.29 is 68.4 Å². The van der Waals surface area contributed by atoms with Crippen LogP contribution in [-0.2, 0) is 56.1 Å². The van der Waals surface area contributed by atoms with Gasteiger partial charge in [0.05, 0.1) is 25.6 Å². The third-order valence-electron chi connectivity index (χ3n) is 15.8. The van der Waals surface area contributed by atoms with Crippen molar-refractivity contribution in [1.82, 2.24) is 62.1 Å². The minimum absolute atomic E-state index is 0.0667. The summed E-state index contributed by atoms with van der Waals surface area (Å²) in [4.78, 5) is 139. The Hall–Kier alpha value is -8.82. The fourth-order valence-corrected chi connectivity index (χ4v) is 10.9. The van der Waals surface area contributed by atoms with Crippen molar-refractivity contribution in [2.75, 3.05) is 117 Å². The molecule has 0 radical (unpaired) electrons. The molecule has 528 valence electrons. The van der Waals surface area contributed by atoms with Gasteiger partial charge < -0.3 is 68.2 Å². The van der Waals surface area contributed by atoms with E-state index in [-0.39, 0.29) is 160 Å². The molecule has 4 aromatic rings. The second kappa shape index (κ2) is 44.1. The van der Waals surface area contributed by atoms with Gasteiger partial charge in [-0.05, 0) is 133 Å². The number of rotatable bonds is 39. The van der Waals surface area contributed by atoms with E-state index in [2.05, 4.69) is 75.4 Å². The van der Waals surface area contributed by atoms with Crippen molar-refractivity contribution in [2.45, 2.75) is 95.4 Å². The average molecular weight is 1460 g/mol. The summed E-state index contributed by atoms with van der Waals surface area (Å²) in [5.41, 5.74) is 9.79. The number of aryl methyl sites for hydroxylation is 1. The third kappa shape index (κ3) is 31.7. The van der Waals surface area contributed by atoms with Gasteiger partial charge >= 0.3 is 23.9 Å². The number of hydrogen-bond donors (Lipinski definition) is 14. The Bertz CT molecular complexity index is 3140. The predicted molar refractivity (Wildman–Crippen MR) is 373 cm³/mol. The molecule has 97 heavy (non-hydrogen) atoms. The maximum Gasteiger partial charge on any atom is 0.321 e. The first kappa shape index (κ1) is 78.9. The number of halogens is 1. The number of carboxylic acid groups (broad SMARTS) is 3. The second-order valence-corrected chi connectivity index (χ2v) is 24.5. The van der Waals surface area contributed by atoms with Gasteiger partial charge in [-0.1, -0.05) is 73.7 Å². The number of phenols is 1. The first-order chi connectivity index (χ1) is 46.7. The number of nitrogens with zero attached hydrogens (tertiary/aromatic N) is 5. The quantitative estimate of drug-likeness (QED) is 0.00993. The number of aromatic hydroxyl groups is 1.